The van der Waals surface area contributed by atoms with E-state index in [1.54, 1.807) is 18.5 Å². The molecule has 1 fully saturated rings. The molecule has 0 bridgehead atoms. The molecule has 2 aromatic carbocycles. The minimum absolute atomic E-state index is 0.00663. The maximum atomic E-state index is 13.3. The number of carbonyl (C=O) groups excluding carboxylic acids is 2. The summed E-state index contributed by atoms with van der Waals surface area (Å²) in [7, 11) is 0. The Labute approximate surface area is 218 Å². The second-order valence-electron chi connectivity index (χ2n) is 9.75. The molecule has 1 aliphatic carbocycles. The quantitative estimate of drug-likeness (QED) is 0.517. The van der Waals surface area contributed by atoms with E-state index in [0.29, 0.717) is 37.2 Å². The second-order valence-corrected chi connectivity index (χ2v) is 9.75. The van der Waals surface area contributed by atoms with Gasteiger partial charge in [0.1, 0.15) is 0 Å². The van der Waals surface area contributed by atoms with Crippen molar-refractivity contribution in [2.24, 2.45) is 0 Å². The van der Waals surface area contributed by atoms with Crippen LogP contribution in [0.25, 0.3) is 0 Å². The Bertz CT molecular complexity index is 1320. The lowest BCUT2D eigenvalue weighted by molar-refractivity contribution is -0.123. The molecule has 188 valence electrons. The van der Waals surface area contributed by atoms with Gasteiger partial charge in [0, 0.05) is 48.4 Å². The summed E-state index contributed by atoms with van der Waals surface area (Å²) in [6.07, 6.45) is 10.7. The average molecular weight is 494 g/mol. The van der Waals surface area contributed by atoms with E-state index in [4.69, 9.17) is 11.2 Å². The lowest BCUT2D eigenvalue weighted by atomic mass is 9.71. The van der Waals surface area contributed by atoms with Gasteiger partial charge in [0.05, 0.1) is 18.8 Å². The minimum atomic E-state index is -0.318. The molecule has 37 heavy (non-hydrogen) atoms. The van der Waals surface area contributed by atoms with E-state index in [2.05, 4.69) is 28.4 Å². The van der Waals surface area contributed by atoms with Crippen molar-refractivity contribution in [2.75, 3.05) is 13.1 Å². The van der Waals surface area contributed by atoms with Crippen molar-refractivity contribution < 1.29 is 14.3 Å². The summed E-state index contributed by atoms with van der Waals surface area (Å²) in [6, 6.07) is 19.2. The first-order chi connectivity index (χ1) is 18.1. The molecular formula is C31H31N3O3. The Morgan fingerprint density at radius 1 is 1.14 bits per heavy atom. The van der Waals surface area contributed by atoms with Crippen LogP contribution in [0.5, 0.6) is 0 Å². The van der Waals surface area contributed by atoms with E-state index >= 15 is 0 Å². The van der Waals surface area contributed by atoms with Gasteiger partial charge >= 0.3 is 0 Å². The first kappa shape index (κ1) is 24.7. The van der Waals surface area contributed by atoms with E-state index in [9.17, 15) is 9.59 Å². The number of hydrogen-bond donors (Lipinski definition) is 1. The monoisotopic (exact) mass is 493 g/mol. The molecule has 5 rings (SSSR count). The van der Waals surface area contributed by atoms with Crippen molar-refractivity contribution in [1.82, 2.24) is 15.2 Å². The highest BCUT2D eigenvalue weighted by molar-refractivity contribution is 5.94. The van der Waals surface area contributed by atoms with Gasteiger partial charge in [0.25, 0.3) is 5.91 Å². The van der Waals surface area contributed by atoms with Gasteiger partial charge in [-0.2, -0.15) is 0 Å². The average Bonchev–Trinajstić information content (AvgIpc) is 3.20. The molecule has 1 saturated heterocycles. The molecule has 0 radical (unpaired) electrons. The zero-order chi connectivity index (χ0) is 25.8. The molecule has 0 saturated carbocycles. The molecule has 3 aromatic rings. The van der Waals surface area contributed by atoms with E-state index < -0.39 is 0 Å². The van der Waals surface area contributed by atoms with E-state index in [1.165, 1.54) is 5.56 Å². The predicted molar refractivity (Wildman–Crippen MR) is 142 cm³/mol. The third-order valence-corrected chi connectivity index (χ3v) is 7.69. The van der Waals surface area contributed by atoms with Gasteiger partial charge in [-0.15, -0.1) is 6.42 Å². The molecule has 2 atom stereocenters. The maximum Gasteiger partial charge on any atom is 0.253 e. The molecule has 0 unspecified atom stereocenters. The van der Waals surface area contributed by atoms with Crippen LogP contribution in [0.3, 0.4) is 0 Å². The van der Waals surface area contributed by atoms with Gasteiger partial charge in [-0.1, -0.05) is 49.2 Å². The highest BCUT2D eigenvalue weighted by Crippen LogP contribution is 2.52. The number of fused-ring (bicyclic) bond motifs is 2. The van der Waals surface area contributed by atoms with Gasteiger partial charge in [-0.3, -0.25) is 14.6 Å². The number of amides is 2. The molecule has 2 amide bonds. The highest BCUT2D eigenvalue weighted by atomic mass is 16.5. The number of nitrogens with one attached hydrogen (secondary N) is 1. The third-order valence-electron chi connectivity index (χ3n) is 7.69. The van der Waals surface area contributed by atoms with Crippen molar-refractivity contribution in [3.8, 4) is 12.3 Å². The smallest absolute Gasteiger partial charge is 0.253 e. The van der Waals surface area contributed by atoms with Gasteiger partial charge < -0.3 is 15.0 Å². The summed E-state index contributed by atoms with van der Waals surface area (Å²) in [6.45, 7) is 3.44. The largest absolute Gasteiger partial charge is 0.370 e. The van der Waals surface area contributed by atoms with E-state index in [0.717, 1.165) is 24.0 Å². The van der Waals surface area contributed by atoms with Crippen LogP contribution < -0.4 is 5.32 Å². The van der Waals surface area contributed by atoms with Crippen LogP contribution in [0, 0.1) is 12.3 Å². The summed E-state index contributed by atoms with van der Waals surface area (Å²) in [5, 5.41) is 3.24. The number of nitrogens with zero attached hydrogens (tertiary/aromatic N) is 2. The SMILES string of the molecule is C#Cc1cccc(C(=O)N2CCC3(CC2)c2ccccc2[C@@H](NC(=O)CC)[C@@H]3OCc2cccnc2)c1. The normalized spacial score (nSPS) is 19.7. The summed E-state index contributed by atoms with van der Waals surface area (Å²) < 4.78 is 6.65. The Kier molecular flexibility index (Phi) is 7.07. The number of rotatable bonds is 6. The molecule has 1 aromatic heterocycles. The predicted octanol–water partition coefficient (Wildman–Crippen LogP) is 4.40. The lowest BCUT2D eigenvalue weighted by Crippen LogP contribution is -2.52. The highest BCUT2D eigenvalue weighted by Gasteiger charge is 2.54. The van der Waals surface area contributed by atoms with Crippen molar-refractivity contribution >= 4 is 11.8 Å². The van der Waals surface area contributed by atoms with Crippen LogP contribution in [0.1, 0.15) is 64.8 Å². The standard InChI is InChI=1S/C31H31N3O3/c1-3-22-9-7-11-24(19-22)30(36)34-17-14-31(15-18-34)26-13-6-5-12-25(26)28(33-27(35)4-2)29(31)37-21-23-10-8-16-32-20-23/h1,5-13,16,19-20,28-29H,4,14-15,17-18,21H2,2H3,(H,33,35)/t28-,29+/m1/s1. The second kappa shape index (κ2) is 10.6. The Morgan fingerprint density at radius 2 is 1.95 bits per heavy atom. The van der Waals surface area contributed by atoms with Crippen molar-refractivity contribution in [2.45, 2.75) is 50.4 Å². The fourth-order valence-electron chi connectivity index (χ4n) is 5.80. The third kappa shape index (κ3) is 4.75. The maximum absolute atomic E-state index is 13.3. The van der Waals surface area contributed by atoms with Crippen LogP contribution in [0.4, 0.5) is 0 Å². The van der Waals surface area contributed by atoms with Crippen molar-refractivity contribution in [3.63, 3.8) is 0 Å². The fourth-order valence-corrected chi connectivity index (χ4v) is 5.80. The van der Waals surface area contributed by atoms with Crippen LogP contribution in [-0.4, -0.2) is 40.9 Å². The van der Waals surface area contributed by atoms with Gasteiger partial charge in [0.15, 0.2) is 0 Å². The van der Waals surface area contributed by atoms with Crippen LogP contribution in [0.2, 0.25) is 0 Å². The number of aromatic nitrogens is 1. The molecule has 6 heteroatoms. The first-order valence-electron chi connectivity index (χ1n) is 12.8. The summed E-state index contributed by atoms with van der Waals surface area (Å²) >= 11 is 0. The Balaban J connectivity index is 1.44. The van der Waals surface area contributed by atoms with Crippen LogP contribution in [0.15, 0.2) is 73.1 Å². The van der Waals surface area contributed by atoms with Crippen LogP contribution >= 0.6 is 0 Å². The number of hydrogen-bond acceptors (Lipinski definition) is 4. The Hall–Kier alpha value is -3.95. The number of pyridine rings is 1. The van der Waals surface area contributed by atoms with Gasteiger partial charge in [-0.05, 0) is 53.8 Å². The number of carbonyl (C=O) groups is 2. The zero-order valence-electron chi connectivity index (χ0n) is 21.0. The molecule has 2 heterocycles. The lowest BCUT2D eigenvalue weighted by Gasteiger charge is -2.44. The molecular weight excluding hydrogens is 462 g/mol. The molecule has 1 N–H and O–H groups in total. The topological polar surface area (TPSA) is 71.5 Å². The van der Waals surface area contributed by atoms with E-state index in [-0.39, 0.29) is 29.4 Å². The van der Waals surface area contributed by atoms with Crippen LogP contribution in [-0.2, 0) is 21.6 Å². The molecule has 6 nitrogen and oxygen atoms in total. The number of terminal acetylenes is 1. The van der Waals surface area contributed by atoms with Gasteiger partial charge in [-0.25, -0.2) is 0 Å². The molecule has 1 aliphatic heterocycles. The molecule has 2 aliphatic rings. The summed E-state index contributed by atoms with van der Waals surface area (Å²) in [5.41, 5.74) is 4.27. The first-order valence-corrected chi connectivity index (χ1v) is 12.8. The number of likely N-dealkylation sites (tertiary alicyclic amines) is 1. The number of benzene rings is 2. The fraction of sp³-hybridized carbons (Fsp3) is 0.323. The van der Waals surface area contributed by atoms with Crippen molar-refractivity contribution in [3.05, 3.63) is 101 Å². The summed E-state index contributed by atoms with van der Waals surface area (Å²) in [5.74, 6) is 2.59. The minimum Gasteiger partial charge on any atom is -0.370 e. The number of piperidine rings is 1. The Morgan fingerprint density at radius 3 is 2.68 bits per heavy atom. The van der Waals surface area contributed by atoms with Crippen molar-refractivity contribution in [1.29, 1.82) is 0 Å². The summed E-state index contributed by atoms with van der Waals surface area (Å²) in [4.78, 5) is 32.0. The van der Waals surface area contributed by atoms with E-state index in [1.807, 2.05) is 54.3 Å². The molecule has 1 spiro atoms. The number of ether oxygens (including phenoxy) is 1. The van der Waals surface area contributed by atoms with Gasteiger partial charge in [0.2, 0.25) is 5.91 Å². The zero-order valence-corrected chi connectivity index (χ0v) is 21.0.